The Bertz CT molecular complexity index is 171. The molecule has 0 saturated heterocycles. The third-order valence-corrected chi connectivity index (χ3v) is 4.24. The highest BCUT2D eigenvalue weighted by molar-refractivity contribution is 4.95. The molecule has 15 heavy (non-hydrogen) atoms. The van der Waals surface area contributed by atoms with E-state index in [2.05, 4.69) is 46.6 Å². The first kappa shape index (κ1) is 14.9. The Morgan fingerprint density at radius 1 is 1.07 bits per heavy atom. The topological polar surface area (TPSA) is 29.3 Å². The van der Waals surface area contributed by atoms with Crippen LogP contribution in [0.15, 0.2) is 0 Å². The Labute approximate surface area is 96.2 Å². The van der Waals surface area contributed by atoms with Gasteiger partial charge in [-0.25, -0.2) is 0 Å². The lowest BCUT2D eigenvalue weighted by atomic mass is 9.84. The first-order chi connectivity index (χ1) is 6.90. The van der Waals surface area contributed by atoms with Crippen LogP contribution in [0.25, 0.3) is 0 Å². The number of likely N-dealkylation sites (N-methyl/N-ethyl adjacent to an activating group) is 1. The average Bonchev–Trinajstić information content (AvgIpc) is 2.25. The lowest BCUT2D eigenvalue weighted by molar-refractivity contribution is 0.0142. The van der Waals surface area contributed by atoms with Crippen molar-refractivity contribution in [2.24, 2.45) is 5.73 Å². The normalized spacial score (nSPS) is 16.8. The smallest absolute Gasteiger partial charge is 0.0331 e. The van der Waals surface area contributed by atoms with Crippen molar-refractivity contribution < 1.29 is 0 Å². The summed E-state index contributed by atoms with van der Waals surface area (Å²) < 4.78 is 0. The summed E-state index contributed by atoms with van der Waals surface area (Å²) in [5.74, 6) is 0. The van der Waals surface area contributed by atoms with Gasteiger partial charge in [0.1, 0.15) is 0 Å². The molecular formula is C13H30N2. The van der Waals surface area contributed by atoms with Gasteiger partial charge in [0.15, 0.2) is 0 Å². The predicted molar refractivity (Wildman–Crippen MR) is 69.1 cm³/mol. The monoisotopic (exact) mass is 214 g/mol. The second kappa shape index (κ2) is 5.86. The molecule has 2 heteroatoms. The molecule has 0 amide bonds. The minimum atomic E-state index is 0.189. The van der Waals surface area contributed by atoms with E-state index in [0.717, 1.165) is 19.4 Å². The molecule has 0 saturated carbocycles. The van der Waals surface area contributed by atoms with Gasteiger partial charge in [-0.2, -0.15) is 0 Å². The maximum Gasteiger partial charge on any atom is 0.0331 e. The van der Waals surface area contributed by atoms with Crippen LogP contribution in [-0.2, 0) is 0 Å². The standard InChI is InChI=1S/C13H30N2/c1-7-10-13(9-3,11-14)15(6)12(4,5)8-2/h7-11,14H2,1-6H3. The average molecular weight is 214 g/mol. The SMILES string of the molecule is CCCC(CC)(CN)N(C)C(C)(C)CC. The van der Waals surface area contributed by atoms with Crippen LogP contribution in [0.3, 0.4) is 0 Å². The van der Waals surface area contributed by atoms with Crippen molar-refractivity contribution >= 4 is 0 Å². The highest BCUT2D eigenvalue weighted by Crippen LogP contribution is 2.31. The van der Waals surface area contributed by atoms with Gasteiger partial charge in [0.2, 0.25) is 0 Å². The highest BCUT2D eigenvalue weighted by atomic mass is 15.2. The van der Waals surface area contributed by atoms with Gasteiger partial charge in [-0.1, -0.05) is 27.2 Å². The van der Waals surface area contributed by atoms with E-state index in [0.29, 0.717) is 0 Å². The van der Waals surface area contributed by atoms with Crippen LogP contribution in [-0.4, -0.2) is 29.6 Å². The van der Waals surface area contributed by atoms with Crippen LogP contribution >= 0.6 is 0 Å². The van der Waals surface area contributed by atoms with Crippen molar-refractivity contribution in [3.8, 4) is 0 Å². The minimum absolute atomic E-state index is 0.189. The molecule has 1 unspecified atom stereocenters. The predicted octanol–water partition coefficient (Wildman–Crippen LogP) is 3.01. The molecule has 2 nitrogen and oxygen atoms in total. The van der Waals surface area contributed by atoms with E-state index in [-0.39, 0.29) is 11.1 Å². The Morgan fingerprint density at radius 2 is 1.60 bits per heavy atom. The first-order valence-corrected chi connectivity index (χ1v) is 6.34. The van der Waals surface area contributed by atoms with E-state index in [9.17, 15) is 0 Å². The van der Waals surface area contributed by atoms with E-state index in [1.807, 2.05) is 0 Å². The fourth-order valence-corrected chi connectivity index (χ4v) is 2.31. The summed E-state index contributed by atoms with van der Waals surface area (Å²) in [4.78, 5) is 2.50. The fourth-order valence-electron chi connectivity index (χ4n) is 2.31. The number of hydrogen-bond acceptors (Lipinski definition) is 2. The third-order valence-electron chi connectivity index (χ3n) is 4.24. The Morgan fingerprint density at radius 3 is 1.87 bits per heavy atom. The van der Waals surface area contributed by atoms with Crippen LogP contribution in [0.5, 0.6) is 0 Å². The van der Waals surface area contributed by atoms with E-state index < -0.39 is 0 Å². The highest BCUT2D eigenvalue weighted by Gasteiger charge is 2.37. The molecule has 0 rings (SSSR count). The summed E-state index contributed by atoms with van der Waals surface area (Å²) in [5, 5.41) is 0. The Balaban J connectivity index is 4.90. The molecule has 0 bridgehead atoms. The third kappa shape index (κ3) is 3.18. The van der Waals surface area contributed by atoms with Crippen molar-refractivity contribution in [1.29, 1.82) is 0 Å². The van der Waals surface area contributed by atoms with Crippen molar-refractivity contribution in [1.82, 2.24) is 4.90 Å². The summed E-state index contributed by atoms with van der Waals surface area (Å²) in [5.41, 5.74) is 6.44. The first-order valence-electron chi connectivity index (χ1n) is 6.34. The van der Waals surface area contributed by atoms with E-state index in [1.165, 1.54) is 12.8 Å². The van der Waals surface area contributed by atoms with Crippen LogP contribution in [0, 0.1) is 0 Å². The number of hydrogen-bond donors (Lipinski definition) is 1. The van der Waals surface area contributed by atoms with Gasteiger partial charge in [-0.3, -0.25) is 4.90 Å². The minimum Gasteiger partial charge on any atom is -0.329 e. The number of nitrogens with two attached hydrogens (primary N) is 1. The van der Waals surface area contributed by atoms with Crippen LogP contribution in [0.2, 0.25) is 0 Å². The van der Waals surface area contributed by atoms with Gasteiger partial charge in [-0.05, 0) is 40.2 Å². The van der Waals surface area contributed by atoms with Crippen molar-refractivity contribution in [2.45, 2.75) is 71.4 Å². The largest absolute Gasteiger partial charge is 0.329 e. The molecule has 1 atom stereocenters. The van der Waals surface area contributed by atoms with Gasteiger partial charge >= 0.3 is 0 Å². The summed E-state index contributed by atoms with van der Waals surface area (Å²) >= 11 is 0. The molecule has 0 heterocycles. The van der Waals surface area contributed by atoms with Gasteiger partial charge in [0.25, 0.3) is 0 Å². The molecule has 0 radical (unpaired) electrons. The van der Waals surface area contributed by atoms with Crippen molar-refractivity contribution in [3.63, 3.8) is 0 Å². The molecule has 0 aliphatic carbocycles. The molecule has 2 N–H and O–H groups in total. The zero-order valence-corrected chi connectivity index (χ0v) is 11.6. The number of nitrogens with zero attached hydrogens (tertiary/aromatic N) is 1. The van der Waals surface area contributed by atoms with Gasteiger partial charge in [-0.15, -0.1) is 0 Å². The lowest BCUT2D eigenvalue weighted by Gasteiger charge is -2.49. The van der Waals surface area contributed by atoms with E-state index in [1.54, 1.807) is 0 Å². The molecule has 0 aliphatic rings. The maximum absolute atomic E-state index is 6.01. The summed E-state index contributed by atoms with van der Waals surface area (Å²) in [7, 11) is 2.23. The van der Waals surface area contributed by atoms with Crippen LogP contribution in [0.4, 0.5) is 0 Å². The van der Waals surface area contributed by atoms with Crippen molar-refractivity contribution in [2.75, 3.05) is 13.6 Å². The molecule has 0 aromatic rings. The fraction of sp³-hybridized carbons (Fsp3) is 1.00. The zero-order chi connectivity index (χ0) is 12.1. The zero-order valence-electron chi connectivity index (χ0n) is 11.6. The molecule has 0 fully saturated rings. The van der Waals surface area contributed by atoms with E-state index in [4.69, 9.17) is 5.73 Å². The Kier molecular flexibility index (Phi) is 5.82. The molecule has 92 valence electrons. The molecule has 0 aromatic heterocycles. The Hall–Kier alpha value is -0.0800. The summed E-state index contributed by atoms with van der Waals surface area (Å²) in [6, 6.07) is 0. The maximum atomic E-state index is 6.01. The molecule has 0 aliphatic heterocycles. The molecule has 0 aromatic carbocycles. The summed E-state index contributed by atoms with van der Waals surface area (Å²) in [6.45, 7) is 12.1. The quantitative estimate of drug-likeness (QED) is 0.706. The molecular weight excluding hydrogens is 184 g/mol. The van der Waals surface area contributed by atoms with Gasteiger partial charge < -0.3 is 5.73 Å². The summed E-state index contributed by atoms with van der Waals surface area (Å²) in [6.07, 6.45) is 4.70. The molecule has 0 spiro atoms. The number of rotatable bonds is 7. The van der Waals surface area contributed by atoms with Crippen LogP contribution < -0.4 is 5.73 Å². The van der Waals surface area contributed by atoms with Crippen LogP contribution in [0.1, 0.15) is 60.3 Å². The lowest BCUT2D eigenvalue weighted by Crippen LogP contribution is -2.59. The van der Waals surface area contributed by atoms with Gasteiger partial charge in [0.05, 0.1) is 0 Å². The van der Waals surface area contributed by atoms with E-state index >= 15 is 0 Å². The second-order valence-electron chi connectivity index (χ2n) is 5.26. The van der Waals surface area contributed by atoms with Gasteiger partial charge in [0, 0.05) is 17.6 Å². The second-order valence-corrected chi connectivity index (χ2v) is 5.26. The van der Waals surface area contributed by atoms with Crippen molar-refractivity contribution in [3.05, 3.63) is 0 Å².